The lowest BCUT2D eigenvalue weighted by molar-refractivity contribution is 1.04. The van der Waals surface area contributed by atoms with Crippen molar-refractivity contribution in [2.75, 3.05) is 5.43 Å². The van der Waals surface area contributed by atoms with Crippen LogP contribution in [-0.2, 0) is 0 Å². The number of anilines is 1. The first-order valence-electron chi connectivity index (χ1n) is 5.25. The maximum atomic E-state index is 4.22. The quantitative estimate of drug-likeness (QED) is 0.643. The first kappa shape index (κ1) is 11.2. The Labute approximate surface area is 99.7 Å². The highest BCUT2D eigenvalue weighted by molar-refractivity contribution is 5.79. The zero-order valence-corrected chi connectivity index (χ0v) is 9.75. The number of aromatic nitrogens is 3. The van der Waals surface area contributed by atoms with Crippen molar-refractivity contribution in [1.29, 1.82) is 0 Å². The summed E-state index contributed by atoms with van der Waals surface area (Å²) in [4.78, 5) is 12.4. The summed E-state index contributed by atoms with van der Waals surface area (Å²) in [7, 11) is 0. The van der Waals surface area contributed by atoms with Crippen molar-refractivity contribution in [2.24, 2.45) is 5.10 Å². The molecular weight excluding hydrogens is 214 g/mol. The van der Waals surface area contributed by atoms with Gasteiger partial charge in [0.05, 0.1) is 6.21 Å². The molecule has 17 heavy (non-hydrogen) atoms. The molecule has 0 spiro atoms. The van der Waals surface area contributed by atoms with Gasteiger partial charge in [0, 0.05) is 23.8 Å². The molecule has 1 N–H and O–H groups in total. The van der Waals surface area contributed by atoms with Crippen LogP contribution < -0.4 is 5.43 Å². The average Bonchev–Trinajstić information content (AvgIpc) is 2.29. The van der Waals surface area contributed by atoms with Crippen LogP contribution in [0.4, 0.5) is 5.95 Å². The Balaban J connectivity index is 2.05. The topological polar surface area (TPSA) is 63.1 Å². The van der Waals surface area contributed by atoms with E-state index in [0.29, 0.717) is 5.95 Å². The Morgan fingerprint density at radius 1 is 1.12 bits per heavy atom. The van der Waals surface area contributed by atoms with Crippen molar-refractivity contribution < 1.29 is 0 Å². The third-order valence-corrected chi connectivity index (χ3v) is 2.07. The van der Waals surface area contributed by atoms with E-state index in [1.54, 1.807) is 18.6 Å². The highest BCUT2D eigenvalue weighted by atomic mass is 15.3. The fourth-order valence-corrected chi connectivity index (χ4v) is 1.39. The van der Waals surface area contributed by atoms with E-state index >= 15 is 0 Å². The molecule has 2 aromatic rings. The van der Waals surface area contributed by atoms with Crippen molar-refractivity contribution in [3.8, 4) is 0 Å². The van der Waals surface area contributed by atoms with Crippen LogP contribution >= 0.6 is 0 Å². The summed E-state index contributed by atoms with van der Waals surface area (Å²) in [6, 6.07) is 5.65. The number of nitrogens with zero attached hydrogens (tertiary/aromatic N) is 4. The van der Waals surface area contributed by atoms with Crippen LogP contribution in [0.1, 0.15) is 17.0 Å². The molecule has 2 heterocycles. The smallest absolute Gasteiger partial charge is 0.243 e. The molecule has 5 heteroatoms. The molecule has 0 aliphatic carbocycles. The first-order chi connectivity index (χ1) is 8.24. The van der Waals surface area contributed by atoms with Crippen LogP contribution in [0.2, 0.25) is 0 Å². The van der Waals surface area contributed by atoms with Gasteiger partial charge >= 0.3 is 0 Å². The largest absolute Gasteiger partial charge is 0.265 e. The summed E-state index contributed by atoms with van der Waals surface area (Å²) in [6.45, 7) is 3.85. The fraction of sp³-hybridized carbons (Fsp3) is 0.167. The second kappa shape index (κ2) is 5.16. The lowest BCUT2D eigenvalue weighted by Gasteiger charge is -2.01. The maximum absolute atomic E-state index is 4.22. The second-order valence-electron chi connectivity index (χ2n) is 3.62. The molecule has 0 saturated carbocycles. The standard InChI is InChI=1S/C12H13N5/c1-9-7-10(2)16-12(15-9)17-14-8-11-3-5-13-6-4-11/h3-8H,1-2H3,(H,15,16,17)/b14-8-. The predicted octanol–water partition coefficient (Wildman–Crippen LogP) is 1.93. The van der Waals surface area contributed by atoms with E-state index < -0.39 is 0 Å². The van der Waals surface area contributed by atoms with Gasteiger partial charge in [-0.25, -0.2) is 15.4 Å². The van der Waals surface area contributed by atoms with Gasteiger partial charge in [-0.05, 0) is 37.6 Å². The molecule has 86 valence electrons. The normalized spacial score (nSPS) is 10.7. The van der Waals surface area contributed by atoms with Gasteiger partial charge in [0.2, 0.25) is 5.95 Å². The van der Waals surface area contributed by atoms with Crippen LogP contribution in [-0.4, -0.2) is 21.2 Å². The summed E-state index contributed by atoms with van der Waals surface area (Å²) in [6.07, 6.45) is 5.13. The Morgan fingerprint density at radius 3 is 2.41 bits per heavy atom. The monoisotopic (exact) mass is 227 g/mol. The SMILES string of the molecule is Cc1cc(C)nc(N/N=C\c2ccncc2)n1. The van der Waals surface area contributed by atoms with Gasteiger partial charge in [-0.2, -0.15) is 5.10 Å². The summed E-state index contributed by atoms with van der Waals surface area (Å²) in [5, 5.41) is 4.07. The molecule has 0 saturated heterocycles. The van der Waals surface area contributed by atoms with E-state index in [1.807, 2.05) is 32.0 Å². The summed E-state index contributed by atoms with van der Waals surface area (Å²) in [5.41, 5.74) is 5.60. The third kappa shape index (κ3) is 3.34. The van der Waals surface area contributed by atoms with Crippen molar-refractivity contribution in [3.05, 3.63) is 47.5 Å². The van der Waals surface area contributed by atoms with Gasteiger partial charge in [0.15, 0.2) is 0 Å². The molecule has 0 aromatic carbocycles. The zero-order valence-electron chi connectivity index (χ0n) is 9.75. The fourth-order valence-electron chi connectivity index (χ4n) is 1.39. The van der Waals surface area contributed by atoms with Crippen LogP contribution in [0, 0.1) is 13.8 Å². The minimum Gasteiger partial charge on any atom is -0.265 e. The number of nitrogens with one attached hydrogen (secondary N) is 1. The summed E-state index contributed by atoms with van der Waals surface area (Å²) in [5.74, 6) is 0.507. The van der Waals surface area contributed by atoms with Crippen molar-refractivity contribution in [3.63, 3.8) is 0 Å². The van der Waals surface area contributed by atoms with E-state index in [0.717, 1.165) is 17.0 Å². The molecular formula is C12H13N5. The van der Waals surface area contributed by atoms with Crippen LogP contribution in [0.5, 0.6) is 0 Å². The number of hydrogen-bond donors (Lipinski definition) is 1. The molecule has 0 aliphatic rings. The first-order valence-corrected chi connectivity index (χ1v) is 5.25. The van der Waals surface area contributed by atoms with Crippen molar-refractivity contribution >= 4 is 12.2 Å². The lowest BCUT2D eigenvalue weighted by atomic mass is 10.3. The number of rotatable bonds is 3. The van der Waals surface area contributed by atoms with Gasteiger partial charge in [0.25, 0.3) is 0 Å². The maximum Gasteiger partial charge on any atom is 0.243 e. The Morgan fingerprint density at radius 2 is 1.76 bits per heavy atom. The summed E-state index contributed by atoms with van der Waals surface area (Å²) >= 11 is 0. The average molecular weight is 227 g/mol. The van der Waals surface area contributed by atoms with E-state index in [4.69, 9.17) is 0 Å². The zero-order chi connectivity index (χ0) is 12.1. The van der Waals surface area contributed by atoms with Crippen LogP contribution in [0.3, 0.4) is 0 Å². The van der Waals surface area contributed by atoms with Crippen LogP contribution in [0.15, 0.2) is 35.7 Å². The molecule has 0 atom stereocenters. The summed E-state index contributed by atoms with van der Waals surface area (Å²) < 4.78 is 0. The van der Waals surface area contributed by atoms with E-state index in [-0.39, 0.29) is 0 Å². The van der Waals surface area contributed by atoms with Crippen LogP contribution in [0.25, 0.3) is 0 Å². The molecule has 0 aliphatic heterocycles. The molecule has 0 radical (unpaired) electrons. The highest BCUT2D eigenvalue weighted by Crippen LogP contribution is 2.03. The number of aryl methyl sites for hydroxylation is 2. The Bertz CT molecular complexity index is 501. The van der Waals surface area contributed by atoms with Gasteiger partial charge in [-0.15, -0.1) is 0 Å². The van der Waals surface area contributed by atoms with Crippen molar-refractivity contribution in [1.82, 2.24) is 15.0 Å². The van der Waals surface area contributed by atoms with E-state index in [2.05, 4.69) is 25.5 Å². The van der Waals surface area contributed by atoms with E-state index in [9.17, 15) is 0 Å². The van der Waals surface area contributed by atoms with E-state index in [1.165, 1.54) is 0 Å². The number of pyridine rings is 1. The molecule has 0 fully saturated rings. The van der Waals surface area contributed by atoms with Gasteiger partial charge in [-0.3, -0.25) is 4.98 Å². The minimum absolute atomic E-state index is 0.507. The third-order valence-electron chi connectivity index (χ3n) is 2.07. The molecule has 5 nitrogen and oxygen atoms in total. The lowest BCUT2D eigenvalue weighted by Crippen LogP contribution is -1.99. The second-order valence-corrected chi connectivity index (χ2v) is 3.62. The molecule has 0 amide bonds. The molecule has 2 rings (SSSR count). The molecule has 0 bridgehead atoms. The Hall–Kier alpha value is -2.30. The molecule has 2 aromatic heterocycles. The Kier molecular flexibility index (Phi) is 3.40. The molecule has 0 unspecified atom stereocenters. The highest BCUT2D eigenvalue weighted by Gasteiger charge is 1.96. The van der Waals surface area contributed by atoms with Gasteiger partial charge < -0.3 is 0 Å². The van der Waals surface area contributed by atoms with Crippen molar-refractivity contribution in [2.45, 2.75) is 13.8 Å². The number of hydrazone groups is 1. The van der Waals surface area contributed by atoms with Gasteiger partial charge in [-0.1, -0.05) is 0 Å². The van der Waals surface area contributed by atoms with Gasteiger partial charge in [0.1, 0.15) is 0 Å². The number of hydrogen-bond acceptors (Lipinski definition) is 5. The minimum atomic E-state index is 0.507. The predicted molar refractivity (Wildman–Crippen MR) is 67.0 cm³/mol.